The van der Waals surface area contributed by atoms with E-state index in [-0.39, 0.29) is 24.5 Å². The largest absolute Gasteiger partial charge is 0.497 e. The Morgan fingerprint density at radius 1 is 1.00 bits per heavy atom. The van der Waals surface area contributed by atoms with Gasteiger partial charge in [-0.2, -0.15) is 0 Å². The van der Waals surface area contributed by atoms with E-state index >= 15 is 0 Å². The molecule has 1 saturated heterocycles. The van der Waals surface area contributed by atoms with Gasteiger partial charge in [0.1, 0.15) is 12.3 Å². The number of rotatable bonds is 10. The number of hydrogen-bond acceptors (Lipinski definition) is 5. The Morgan fingerprint density at radius 3 is 2.44 bits per heavy atom. The topological polar surface area (TPSA) is 59.1 Å². The fourth-order valence-electron chi connectivity index (χ4n) is 4.06. The van der Waals surface area contributed by atoms with E-state index in [0.717, 1.165) is 23.3 Å². The van der Waals surface area contributed by atoms with Crippen molar-refractivity contribution in [3.05, 3.63) is 88.1 Å². The van der Waals surface area contributed by atoms with Crippen LogP contribution in [0.5, 0.6) is 5.75 Å². The van der Waals surface area contributed by atoms with Gasteiger partial charge in [0.25, 0.3) is 5.91 Å². The number of hydrogen-bond donors (Lipinski definition) is 0. The van der Waals surface area contributed by atoms with Gasteiger partial charge in [0.2, 0.25) is 5.91 Å². The summed E-state index contributed by atoms with van der Waals surface area (Å²) in [6.07, 6.45) is 1.82. The fraction of sp³-hybridized carbons (Fsp3) is 0.333. The van der Waals surface area contributed by atoms with Crippen LogP contribution in [0.4, 0.5) is 0 Å². The number of benzene rings is 2. The van der Waals surface area contributed by atoms with E-state index in [1.807, 2.05) is 52.7 Å². The second kappa shape index (κ2) is 11.8. The Balaban J connectivity index is 1.53. The normalized spacial score (nSPS) is 15.1. The number of nitrogens with zero attached hydrogens (tertiary/aromatic N) is 2. The molecule has 1 unspecified atom stereocenters. The van der Waals surface area contributed by atoms with Gasteiger partial charge in [-0.25, -0.2) is 0 Å². The summed E-state index contributed by atoms with van der Waals surface area (Å²) < 4.78 is 11.0. The Bertz CT molecular complexity index is 1050. The average Bonchev–Trinajstić information content (AvgIpc) is 3.58. The summed E-state index contributed by atoms with van der Waals surface area (Å²) in [5.74, 6) is 0.419. The van der Waals surface area contributed by atoms with Gasteiger partial charge in [0, 0.05) is 30.1 Å². The Labute approximate surface area is 204 Å². The van der Waals surface area contributed by atoms with Crippen LogP contribution in [0.25, 0.3) is 0 Å². The van der Waals surface area contributed by atoms with E-state index in [2.05, 4.69) is 0 Å². The third kappa shape index (κ3) is 6.46. The molecule has 4 rings (SSSR count). The molecule has 0 N–H and O–H groups in total. The first-order valence-corrected chi connectivity index (χ1v) is 12.4. The lowest BCUT2D eigenvalue weighted by molar-refractivity contribution is -0.133. The molecule has 1 fully saturated rings. The van der Waals surface area contributed by atoms with Gasteiger partial charge in [-0.3, -0.25) is 9.59 Å². The Hall–Kier alpha value is -3.16. The first-order valence-electron chi connectivity index (χ1n) is 11.5. The van der Waals surface area contributed by atoms with Crippen LogP contribution >= 0.6 is 11.3 Å². The minimum absolute atomic E-state index is 0.00291. The monoisotopic (exact) mass is 478 g/mol. The van der Waals surface area contributed by atoms with Crippen molar-refractivity contribution in [2.45, 2.75) is 32.0 Å². The summed E-state index contributed by atoms with van der Waals surface area (Å²) in [5, 5.41) is 2.01. The van der Waals surface area contributed by atoms with Gasteiger partial charge < -0.3 is 19.3 Å². The lowest BCUT2D eigenvalue weighted by Crippen LogP contribution is -2.45. The van der Waals surface area contributed by atoms with Gasteiger partial charge in [-0.05, 0) is 54.1 Å². The molecule has 3 aromatic rings. The van der Waals surface area contributed by atoms with E-state index < -0.39 is 0 Å². The highest BCUT2D eigenvalue weighted by Gasteiger charge is 2.27. The quantitative estimate of drug-likeness (QED) is 0.427. The van der Waals surface area contributed by atoms with Crippen LogP contribution in [-0.2, 0) is 22.6 Å². The Morgan fingerprint density at radius 2 is 1.79 bits per heavy atom. The molecule has 1 aliphatic heterocycles. The van der Waals surface area contributed by atoms with Crippen molar-refractivity contribution in [1.29, 1.82) is 0 Å². The van der Waals surface area contributed by atoms with E-state index in [4.69, 9.17) is 9.47 Å². The van der Waals surface area contributed by atoms with Crippen molar-refractivity contribution in [2.75, 3.05) is 26.8 Å². The van der Waals surface area contributed by atoms with Gasteiger partial charge in [-0.15, -0.1) is 11.3 Å². The van der Waals surface area contributed by atoms with Crippen molar-refractivity contribution in [3.8, 4) is 5.75 Å². The van der Waals surface area contributed by atoms with Crippen LogP contribution in [0, 0.1) is 0 Å². The third-order valence-electron chi connectivity index (χ3n) is 5.89. The van der Waals surface area contributed by atoms with Crippen molar-refractivity contribution in [3.63, 3.8) is 0 Å². The van der Waals surface area contributed by atoms with Crippen LogP contribution in [-0.4, -0.2) is 54.5 Å². The van der Waals surface area contributed by atoms with Crippen LogP contribution in [0.2, 0.25) is 0 Å². The minimum atomic E-state index is -0.178. The Kier molecular flexibility index (Phi) is 8.33. The molecule has 2 heterocycles. The van der Waals surface area contributed by atoms with E-state index in [1.54, 1.807) is 47.6 Å². The smallest absolute Gasteiger partial charge is 0.254 e. The maximum Gasteiger partial charge on any atom is 0.254 e. The summed E-state index contributed by atoms with van der Waals surface area (Å²) in [4.78, 5) is 31.6. The SMILES string of the molecule is COc1ccc(C(=O)N(CC(=O)N(Cc2ccccc2)Cc2cccs2)CC2CCCO2)cc1. The minimum Gasteiger partial charge on any atom is -0.497 e. The molecule has 6 nitrogen and oxygen atoms in total. The summed E-state index contributed by atoms with van der Waals surface area (Å²) >= 11 is 1.62. The van der Waals surface area contributed by atoms with Crippen molar-refractivity contribution < 1.29 is 19.1 Å². The molecular formula is C27H30N2O4S. The first kappa shape index (κ1) is 24.0. The molecule has 0 spiro atoms. The predicted molar refractivity (Wildman–Crippen MR) is 133 cm³/mol. The summed E-state index contributed by atoms with van der Waals surface area (Å²) in [5.41, 5.74) is 1.58. The summed E-state index contributed by atoms with van der Waals surface area (Å²) in [6, 6.07) is 21.0. The highest BCUT2D eigenvalue weighted by Crippen LogP contribution is 2.19. The maximum absolute atomic E-state index is 13.6. The average molecular weight is 479 g/mol. The van der Waals surface area contributed by atoms with Gasteiger partial charge in [0.05, 0.1) is 19.8 Å². The second-order valence-electron chi connectivity index (χ2n) is 8.36. The molecule has 0 bridgehead atoms. The lowest BCUT2D eigenvalue weighted by Gasteiger charge is -2.29. The number of carbonyl (C=O) groups is 2. The molecule has 34 heavy (non-hydrogen) atoms. The molecule has 1 aromatic heterocycles. The number of methoxy groups -OCH3 is 1. The molecule has 2 amide bonds. The molecule has 178 valence electrons. The number of thiophene rings is 1. The lowest BCUT2D eigenvalue weighted by atomic mass is 10.1. The summed E-state index contributed by atoms with van der Waals surface area (Å²) in [7, 11) is 1.59. The van der Waals surface area contributed by atoms with E-state index in [0.29, 0.717) is 37.6 Å². The fourth-order valence-corrected chi connectivity index (χ4v) is 4.78. The molecular weight excluding hydrogens is 448 g/mol. The number of amides is 2. The molecule has 1 atom stereocenters. The van der Waals surface area contributed by atoms with Crippen LogP contribution in [0.1, 0.15) is 33.6 Å². The molecule has 0 aliphatic carbocycles. The molecule has 0 radical (unpaired) electrons. The number of carbonyl (C=O) groups excluding carboxylic acids is 2. The zero-order valence-electron chi connectivity index (χ0n) is 19.4. The van der Waals surface area contributed by atoms with Crippen LogP contribution in [0.15, 0.2) is 72.1 Å². The molecule has 1 aliphatic rings. The predicted octanol–water partition coefficient (Wildman–Crippen LogP) is 4.61. The van der Waals surface area contributed by atoms with Crippen molar-refractivity contribution in [1.82, 2.24) is 9.80 Å². The highest BCUT2D eigenvalue weighted by atomic mass is 32.1. The standard InChI is InChI=1S/C27H30N2O4S/c1-32-23-13-11-22(12-14-23)27(31)29(18-24-9-5-15-33-24)20-26(30)28(19-25-10-6-16-34-25)17-21-7-3-2-4-8-21/h2-4,6-8,10-14,16,24H,5,9,15,17-20H2,1H3. The zero-order valence-corrected chi connectivity index (χ0v) is 20.2. The highest BCUT2D eigenvalue weighted by molar-refractivity contribution is 7.09. The second-order valence-corrected chi connectivity index (χ2v) is 9.40. The van der Waals surface area contributed by atoms with Gasteiger partial charge in [0.15, 0.2) is 0 Å². The zero-order chi connectivity index (χ0) is 23.8. The molecule has 0 saturated carbocycles. The van der Waals surface area contributed by atoms with Crippen molar-refractivity contribution in [2.24, 2.45) is 0 Å². The van der Waals surface area contributed by atoms with Crippen LogP contribution in [0.3, 0.4) is 0 Å². The van der Waals surface area contributed by atoms with Crippen LogP contribution < -0.4 is 4.74 Å². The van der Waals surface area contributed by atoms with Gasteiger partial charge >= 0.3 is 0 Å². The maximum atomic E-state index is 13.6. The van der Waals surface area contributed by atoms with E-state index in [9.17, 15) is 9.59 Å². The molecule has 2 aromatic carbocycles. The van der Waals surface area contributed by atoms with E-state index in [1.165, 1.54) is 0 Å². The first-order chi connectivity index (χ1) is 16.6. The third-order valence-corrected chi connectivity index (χ3v) is 6.76. The summed E-state index contributed by atoms with van der Waals surface area (Å²) in [6.45, 7) is 2.09. The molecule has 7 heteroatoms. The van der Waals surface area contributed by atoms with Crippen molar-refractivity contribution >= 4 is 23.2 Å². The number of ether oxygens (including phenoxy) is 2. The van der Waals surface area contributed by atoms with Gasteiger partial charge in [-0.1, -0.05) is 36.4 Å².